The molecule has 3 nitrogen and oxygen atoms in total. The largest absolute Gasteiger partial charge is 0.416 e. The Hall–Kier alpha value is -1.05. The van der Waals surface area contributed by atoms with E-state index in [1.807, 2.05) is 0 Å². The van der Waals surface area contributed by atoms with E-state index in [1.54, 1.807) is 0 Å². The molecule has 0 amide bonds. The van der Waals surface area contributed by atoms with Gasteiger partial charge in [-0.2, -0.15) is 13.2 Å². The van der Waals surface area contributed by atoms with Gasteiger partial charge in [0.05, 0.1) is 22.4 Å². The average molecular weight is 339 g/mol. The molecule has 0 unspecified atom stereocenters. The number of anilines is 1. The maximum Gasteiger partial charge on any atom is 0.416 e. The van der Waals surface area contributed by atoms with Crippen molar-refractivity contribution in [2.75, 3.05) is 18.5 Å². The van der Waals surface area contributed by atoms with Gasteiger partial charge in [0.2, 0.25) is 0 Å². The van der Waals surface area contributed by atoms with Gasteiger partial charge in [-0.25, -0.2) is 0 Å². The van der Waals surface area contributed by atoms with Crippen LogP contribution in [0.25, 0.3) is 0 Å². The van der Waals surface area contributed by atoms with Crippen molar-refractivity contribution < 1.29 is 17.9 Å². The number of benzene rings is 1. The number of ether oxygens (including phenoxy) is 1. The van der Waals surface area contributed by atoms with Gasteiger partial charge < -0.3 is 15.4 Å². The Morgan fingerprint density at radius 1 is 1.43 bits per heavy atom. The quantitative estimate of drug-likeness (QED) is 0.821. The first-order chi connectivity index (χ1) is 9.86. The van der Waals surface area contributed by atoms with Gasteiger partial charge in [-0.15, -0.1) is 0 Å². The zero-order chi connectivity index (χ0) is 15.5. The lowest BCUT2D eigenvalue weighted by Crippen LogP contribution is -2.34. The summed E-state index contributed by atoms with van der Waals surface area (Å²) in [6.45, 7) is 1.24. The Balaban J connectivity index is 1.96. The summed E-state index contributed by atoms with van der Waals surface area (Å²) < 4.78 is 43.4. The molecule has 0 spiro atoms. The standard InChI is InChI=1S/C13H14ClF3N2OS/c14-10-4-3-8(13(15,16)17)6-11(10)19-12(21)18-7-9-2-1-5-20-9/h3-4,6,9H,1-2,5,7H2,(H2,18,19,21)/t9-/m0/s1. The summed E-state index contributed by atoms with van der Waals surface area (Å²) in [6.07, 6.45) is -2.39. The summed E-state index contributed by atoms with van der Waals surface area (Å²) in [7, 11) is 0. The van der Waals surface area contributed by atoms with Crippen molar-refractivity contribution in [1.82, 2.24) is 5.32 Å². The maximum atomic E-state index is 12.7. The van der Waals surface area contributed by atoms with E-state index < -0.39 is 11.7 Å². The summed E-state index contributed by atoms with van der Waals surface area (Å²) in [5, 5.41) is 5.98. The number of hydrogen-bond donors (Lipinski definition) is 2. The van der Waals surface area contributed by atoms with E-state index in [-0.39, 0.29) is 21.9 Å². The minimum atomic E-state index is -4.42. The molecule has 1 fully saturated rings. The summed E-state index contributed by atoms with van der Waals surface area (Å²) in [4.78, 5) is 0. The third-order valence-corrected chi connectivity index (χ3v) is 3.63. The molecular weight excluding hydrogens is 325 g/mol. The van der Waals surface area contributed by atoms with Gasteiger partial charge in [0.25, 0.3) is 0 Å². The molecule has 116 valence electrons. The van der Waals surface area contributed by atoms with Crippen LogP contribution >= 0.6 is 23.8 Å². The van der Waals surface area contributed by atoms with Crippen LogP contribution in [0.2, 0.25) is 5.02 Å². The van der Waals surface area contributed by atoms with Gasteiger partial charge in [0, 0.05) is 13.2 Å². The number of nitrogens with one attached hydrogen (secondary N) is 2. The topological polar surface area (TPSA) is 33.3 Å². The van der Waals surface area contributed by atoms with Crippen LogP contribution in [0.3, 0.4) is 0 Å². The molecule has 8 heteroatoms. The summed E-state index contributed by atoms with van der Waals surface area (Å²) in [6, 6.07) is 3.05. The van der Waals surface area contributed by atoms with Crippen LogP contribution in [0, 0.1) is 0 Å². The van der Waals surface area contributed by atoms with Gasteiger partial charge in [-0.05, 0) is 43.3 Å². The van der Waals surface area contributed by atoms with Crippen molar-refractivity contribution in [1.29, 1.82) is 0 Å². The van der Waals surface area contributed by atoms with E-state index in [0.717, 1.165) is 31.6 Å². The lowest BCUT2D eigenvalue weighted by atomic mass is 10.2. The average Bonchev–Trinajstić information content (AvgIpc) is 2.91. The SMILES string of the molecule is FC(F)(F)c1ccc(Cl)c(NC(=S)NC[C@@H]2CCCO2)c1. The Bertz CT molecular complexity index is 519. The number of rotatable bonds is 3. The smallest absolute Gasteiger partial charge is 0.376 e. The van der Waals surface area contributed by atoms with Crippen molar-refractivity contribution >= 4 is 34.6 Å². The van der Waals surface area contributed by atoms with E-state index >= 15 is 0 Å². The first-order valence-electron chi connectivity index (χ1n) is 6.39. The fourth-order valence-corrected chi connectivity index (χ4v) is 2.33. The van der Waals surface area contributed by atoms with Gasteiger partial charge in [-0.3, -0.25) is 0 Å². The van der Waals surface area contributed by atoms with Crippen LogP contribution in [0.4, 0.5) is 18.9 Å². The van der Waals surface area contributed by atoms with Crippen LogP contribution in [-0.2, 0) is 10.9 Å². The van der Waals surface area contributed by atoms with Crippen LogP contribution in [0.5, 0.6) is 0 Å². The predicted octanol–water partition coefficient (Wildman–Crippen LogP) is 3.82. The number of hydrogen-bond acceptors (Lipinski definition) is 2. The number of halogens is 4. The predicted molar refractivity (Wildman–Crippen MR) is 79.7 cm³/mol. The normalized spacial score (nSPS) is 18.6. The van der Waals surface area contributed by atoms with Crippen LogP contribution in [0.15, 0.2) is 18.2 Å². The molecule has 1 aliphatic rings. The molecule has 1 atom stereocenters. The van der Waals surface area contributed by atoms with Gasteiger partial charge in [0.15, 0.2) is 5.11 Å². The molecule has 0 bridgehead atoms. The summed E-state index contributed by atoms with van der Waals surface area (Å²) in [5.74, 6) is 0. The molecule has 2 N–H and O–H groups in total. The molecule has 0 aromatic heterocycles. The van der Waals surface area contributed by atoms with E-state index in [4.69, 9.17) is 28.6 Å². The minimum absolute atomic E-state index is 0.0849. The molecule has 1 heterocycles. The minimum Gasteiger partial charge on any atom is -0.376 e. The zero-order valence-corrected chi connectivity index (χ0v) is 12.5. The van der Waals surface area contributed by atoms with Crippen LogP contribution in [-0.4, -0.2) is 24.4 Å². The number of thiocarbonyl (C=S) groups is 1. The molecule has 1 aliphatic heterocycles. The van der Waals surface area contributed by atoms with Crippen molar-refractivity contribution in [3.8, 4) is 0 Å². The molecule has 0 aliphatic carbocycles. The highest BCUT2D eigenvalue weighted by atomic mass is 35.5. The monoisotopic (exact) mass is 338 g/mol. The van der Waals surface area contributed by atoms with Gasteiger partial charge in [0.1, 0.15) is 0 Å². The summed E-state index contributed by atoms with van der Waals surface area (Å²) in [5.41, 5.74) is -0.660. The van der Waals surface area contributed by atoms with E-state index in [2.05, 4.69) is 10.6 Å². The Morgan fingerprint density at radius 3 is 2.81 bits per heavy atom. The Kier molecular flexibility index (Phi) is 5.29. The van der Waals surface area contributed by atoms with Crippen LogP contribution < -0.4 is 10.6 Å². The molecule has 21 heavy (non-hydrogen) atoms. The molecule has 0 radical (unpaired) electrons. The first kappa shape index (κ1) is 16.3. The van der Waals surface area contributed by atoms with Crippen LogP contribution in [0.1, 0.15) is 18.4 Å². The molecular formula is C13H14ClF3N2OS. The van der Waals surface area contributed by atoms with Crippen molar-refractivity contribution in [2.45, 2.75) is 25.1 Å². The van der Waals surface area contributed by atoms with Crippen molar-refractivity contribution in [3.05, 3.63) is 28.8 Å². The van der Waals surface area contributed by atoms with E-state index in [0.29, 0.717) is 6.54 Å². The molecule has 1 saturated heterocycles. The first-order valence-corrected chi connectivity index (χ1v) is 7.18. The Morgan fingerprint density at radius 2 is 2.19 bits per heavy atom. The molecule has 2 rings (SSSR count). The molecule has 0 saturated carbocycles. The van der Waals surface area contributed by atoms with E-state index in [1.165, 1.54) is 6.07 Å². The Labute approximate surface area is 130 Å². The molecule has 1 aromatic carbocycles. The maximum absolute atomic E-state index is 12.7. The van der Waals surface area contributed by atoms with Gasteiger partial charge >= 0.3 is 6.18 Å². The van der Waals surface area contributed by atoms with Gasteiger partial charge in [-0.1, -0.05) is 11.6 Å². The third kappa shape index (κ3) is 4.72. The summed E-state index contributed by atoms with van der Waals surface area (Å²) >= 11 is 10.9. The second-order valence-corrected chi connectivity index (χ2v) is 5.48. The second kappa shape index (κ2) is 6.81. The number of alkyl halides is 3. The highest BCUT2D eigenvalue weighted by Gasteiger charge is 2.31. The second-order valence-electron chi connectivity index (χ2n) is 4.66. The van der Waals surface area contributed by atoms with Crippen molar-refractivity contribution in [2.24, 2.45) is 0 Å². The van der Waals surface area contributed by atoms with E-state index in [9.17, 15) is 13.2 Å². The fraction of sp³-hybridized carbons (Fsp3) is 0.462. The highest BCUT2D eigenvalue weighted by molar-refractivity contribution is 7.80. The molecule has 1 aromatic rings. The fourth-order valence-electron chi connectivity index (χ4n) is 1.98. The van der Waals surface area contributed by atoms with Crippen molar-refractivity contribution in [3.63, 3.8) is 0 Å². The zero-order valence-electron chi connectivity index (χ0n) is 11.0. The lowest BCUT2D eigenvalue weighted by molar-refractivity contribution is -0.137. The lowest BCUT2D eigenvalue weighted by Gasteiger charge is -2.16. The highest BCUT2D eigenvalue weighted by Crippen LogP contribution is 2.33. The third-order valence-electron chi connectivity index (χ3n) is 3.06.